The van der Waals surface area contributed by atoms with E-state index in [1.165, 1.54) is 0 Å². The largest absolute Gasteiger partial charge is 0.323 e. The molecule has 1 unspecified atom stereocenters. The molecule has 1 fully saturated rings. The van der Waals surface area contributed by atoms with Crippen LogP contribution in [0.5, 0.6) is 0 Å². The third-order valence-electron chi connectivity index (χ3n) is 3.01. The van der Waals surface area contributed by atoms with E-state index in [1.54, 1.807) is 12.4 Å². The monoisotopic (exact) mass is 234 g/mol. The maximum atomic E-state index is 12.0. The fourth-order valence-electron chi connectivity index (χ4n) is 1.92. The van der Waals surface area contributed by atoms with Crippen molar-refractivity contribution in [3.05, 3.63) is 24.5 Å². The second-order valence-corrected chi connectivity index (χ2v) is 4.19. The minimum absolute atomic E-state index is 0.0277. The molecule has 0 spiro atoms. The number of anilines is 1. The molecular formula is C12H18N4O. The highest BCUT2D eigenvalue weighted by atomic mass is 16.2. The minimum atomic E-state index is -0.0997. The third-order valence-corrected chi connectivity index (χ3v) is 3.01. The van der Waals surface area contributed by atoms with Crippen LogP contribution in [0.15, 0.2) is 24.5 Å². The Hall–Kier alpha value is -1.46. The van der Waals surface area contributed by atoms with Crippen LogP contribution < -0.4 is 10.6 Å². The van der Waals surface area contributed by atoms with Crippen molar-refractivity contribution in [1.82, 2.24) is 15.2 Å². The number of piperazine rings is 1. The van der Waals surface area contributed by atoms with Gasteiger partial charge in [-0.25, -0.2) is 0 Å². The van der Waals surface area contributed by atoms with Crippen LogP contribution in [0.4, 0.5) is 5.69 Å². The van der Waals surface area contributed by atoms with Gasteiger partial charge in [-0.2, -0.15) is 0 Å². The molecule has 0 bridgehead atoms. The van der Waals surface area contributed by atoms with Gasteiger partial charge in [0.1, 0.15) is 0 Å². The van der Waals surface area contributed by atoms with Crippen LogP contribution in [0.3, 0.4) is 0 Å². The molecule has 1 aliphatic heterocycles. The first-order valence-electron chi connectivity index (χ1n) is 5.93. The van der Waals surface area contributed by atoms with E-state index >= 15 is 0 Å². The van der Waals surface area contributed by atoms with Crippen LogP contribution in [0, 0.1) is 0 Å². The van der Waals surface area contributed by atoms with Crippen LogP contribution in [0.25, 0.3) is 0 Å². The average molecular weight is 234 g/mol. The predicted octanol–water partition coefficient (Wildman–Crippen LogP) is 0.314. The smallest absolute Gasteiger partial charge is 0.241 e. The normalized spacial score (nSPS) is 18.6. The first-order valence-corrected chi connectivity index (χ1v) is 5.93. The van der Waals surface area contributed by atoms with Gasteiger partial charge < -0.3 is 10.6 Å². The number of aromatic nitrogens is 1. The Balaban J connectivity index is 1.90. The van der Waals surface area contributed by atoms with Gasteiger partial charge in [0.2, 0.25) is 5.91 Å². The summed E-state index contributed by atoms with van der Waals surface area (Å²) in [6, 6.07) is 3.55. The molecule has 17 heavy (non-hydrogen) atoms. The zero-order valence-corrected chi connectivity index (χ0v) is 10.0. The molecule has 2 rings (SSSR count). The summed E-state index contributed by atoms with van der Waals surface area (Å²) in [5, 5.41) is 6.15. The summed E-state index contributed by atoms with van der Waals surface area (Å²) in [7, 11) is 0. The van der Waals surface area contributed by atoms with Gasteiger partial charge in [-0.1, -0.05) is 0 Å². The fourth-order valence-corrected chi connectivity index (χ4v) is 1.92. The lowest BCUT2D eigenvalue weighted by atomic mass is 10.2. The number of carbonyl (C=O) groups excluding carboxylic acids is 1. The quantitative estimate of drug-likeness (QED) is 0.790. The second kappa shape index (κ2) is 5.75. The van der Waals surface area contributed by atoms with E-state index in [9.17, 15) is 4.79 Å². The van der Waals surface area contributed by atoms with E-state index < -0.39 is 0 Å². The predicted molar refractivity (Wildman–Crippen MR) is 66.8 cm³/mol. The SMILES string of the molecule is CC(C(=O)Nc1cccnc1)N1CCNCC1. The summed E-state index contributed by atoms with van der Waals surface area (Å²) >= 11 is 0. The number of hydrogen-bond acceptors (Lipinski definition) is 4. The molecule has 1 amide bonds. The van der Waals surface area contributed by atoms with Gasteiger partial charge in [0.05, 0.1) is 17.9 Å². The molecule has 0 radical (unpaired) electrons. The molecule has 1 atom stereocenters. The van der Waals surface area contributed by atoms with Crippen molar-refractivity contribution in [3.63, 3.8) is 0 Å². The second-order valence-electron chi connectivity index (χ2n) is 4.19. The molecule has 2 heterocycles. The van der Waals surface area contributed by atoms with Crippen LogP contribution in [-0.2, 0) is 4.79 Å². The maximum absolute atomic E-state index is 12.0. The van der Waals surface area contributed by atoms with Crippen molar-refractivity contribution in [2.75, 3.05) is 31.5 Å². The zero-order chi connectivity index (χ0) is 12.1. The Bertz CT molecular complexity index is 362. The van der Waals surface area contributed by atoms with Crippen molar-refractivity contribution in [3.8, 4) is 0 Å². The highest BCUT2D eigenvalue weighted by Crippen LogP contribution is 2.07. The van der Waals surface area contributed by atoms with E-state index in [0.29, 0.717) is 0 Å². The molecule has 1 aromatic heterocycles. The van der Waals surface area contributed by atoms with E-state index in [4.69, 9.17) is 0 Å². The number of pyridine rings is 1. The van der Waals surface area contributed by atoms with Crippen molar-refractivity contribution in [2.24, 2.45) is 0 Å². The van der Waals surface area contributed by atoms with Crippen molar-refractivity contribution in [1.29, 1.82) is 0 Å². The minimum Gasteiger partial charge on any atom is -0.323 e. The number of hydrogen-bond donors (Lipinski definition) is 2. The van der Waals surface area contributed by atoms with Gasteiger partial charge in [0.25, 0.3) is 0 Å². The Kier molecular flexibility index (Phi) is 4.06. The highest BCUT2D eigenvalue weighted by Gasteiger charge is 2.22. The molecule has 0 aromatic carbocycles. The van der Waals surface area contributed by atoms with E-state index in [1.807, 2.05) is 19.1 Å². The Labute approximate surface area is 101 Å². The molecule has 1 aliphatic rings. The summed E-state index contributed by atoms with van der Waals surface area (Å²) in [4.78, 5) is 18.2. The first-order chi connectivity index (χ1) is 8.27. The van der Waals surface area contributed by atoms with Gasteiger partial charge in [0, 0.05) is 32.4 Å². The summed E-state index contributed by atoms with van der Waals surface area (Å²) in [5.41, 5.74) is 0.750. The van der Waals surface area contributed by atoms with Gasteiger partial charge in [-0.3, -0.25) is 14.7 Å². The first kappa shape index (κ1) is 12.0. The number of carbonyl (C=O) groups is 1. The summed E-state index contributed by atoms with van der Waals surface area (Å²) < 4.78 is 0. The standard InChI is InChI=1S/C12H18N4O/c1-10(16-7-5-13-6-8-16)12(17)15-11-3-2-4-14-9-11/h2-4,9-10,13H,5-8H2,1H3,(H,15,17). The summed E-state index contributed by atoms with van der Waals surface area (Å²) in [6.07, 6.45) is 3.35. The molecule has 1 saturated heterocycles. The fraction of sp³-hybridized carbons (Fsp3) is 0.500. The highest BCUT2D eigenvalue weighted by molar-refractivity contribution is 5.94. The Morgan fingerprint density at radius 1 is 1.53 bits per heavy atom. The lowest BCUT2D eigenvalue weighted by Crippen LogP contribution is -2.51. The van der Waals surface area contributed by atoms with Crippen LogP contribution in [0.1, 0.15) is 6.92 Å². The lowest BCUT2D eigenvalue weighted by molar-refractivity contribution is -0.120. The molecule has 5 heteroatoms. The summed E-state index contributed by atoms with van der Waals surface area (Å²) in [5.74, 6) is 0.0277. The topological polar surface area (TPSA) is 57.3 Å². The van der Waals surface area contributed by atoms with Crippen LogP contribution in [0.2, 0.25) is 0 Å². The molecule has 5 nitrogen and oxygen atoms in total. The number of nitrogens with one attached hydrogen (secondary N) is 2. The molecule has 0 saturated carbocycles. The number of nitrogens with zero attached hydrogens (tertiary/aromatic N) is 2. The van der Waals surface area contributed by atoms with Gasteiger partial charge in [0.15, 0.2) is 0 Å². The van der Waals surface area contributed by atoms with E-state index in [0.717, 1.165) is 31.9 Å². The maximum Gasteiger partial charge on any atom is 0.241 e. The Morgan fingerprint density at radius 3 is 2.94 bits per heavy atom. The molecule has 92 valence electrons. The average Bonchev–Trinajstić information content (AvgIpc) is 2.40. The van der Waals surface area contributed by atoms with Crippen LogP contribution >= 0.6 is 0 Å². The van der Waals surface area contributed by atoms with Gasteiger partial charge in [-0.05, 0) is 19.1 Å². The van der Waals surface area contributed by atoms with Crippen LogP contribution in [-0.4, -0.2) is 48.0 Å². The van der Waals surface area contributed by atoms with Crippen molar-refractivity contribution in [2.45, 2.75) is 13.0 Å². The molecular weight excluding hydrogens is 216 g/mol. The molecule has 2 N–H and O–H groups in total. The number of rotatable bonds is 3. The Morgan fingerprint density at radius 2 is 2.29 bits per heavy atom. The van der Waals surface area contributed by atoms with E-state index in [2.05, 4.69) is 20.5 Å². The van der Waals surface area contributed by atoms with Crippen molar-refractivity contribution >= 4 is 11.6 Å². The molecule has 0 aliphatic carbocycles. The zero-order valence-electron chi connectivity index (χ0n) is 10.0. The molecule has 1 aromatic rings. The van der Waals surface area contributed by atoms with Crippen molar-refractivity contribution < 1.29 is 4.79 Å². The number of amides is 1. The third kappa shape index (κ3) is 3.25. The lowest BCUT2D eigenvalue weighted by Gasteiger charge is -2.31. The van der Waals surface area contributed by atoms with Gasteiger partial charge in [-0.15, -0.1) is 0 Å². The van der Waals surface area contributed by atoms with Gasteiger partial charge >= 0.3 is 0 Å². The summed E-state index contributed by atoms with van der Waals surface area (Å²) in [6.45, 7) is 5.68. The van der Waals surface area contributed by atoms with E-state index in [-0.39, 0.29) is 11.9 Å².